The molecule has 1 atom stereocenters. The Bertz CT molecular complexity index is 1140. The minimum Gasteiger partial charge on any atom is -0.451 e. The summed E-state index contributed by atoms with van der Waals surface area (Å²) in [6.07, 6.45) is 3.76. The van der Waals surface area contributed by atoms with Crippen molar-refractivity contribution in [1.82, 2.24) is 15.0 Å². The first-order valence-electron chi connectivity index (χ1n) is 11.5. The topological polar surface area (TPSA) is 79.8 Å². The molecule has 0 saturated carbocycles. The molecule has 2 aliphatic heterocycles. The van der Waals surface area contributed by atoms with Gasteiger partial charge in [0.15, 0.2) is 5.76 Å². The van der Waals surface area contributed by atoms with Crippen LogP contribution in [0.4, 0.5) is 0 Å². The Morgan fingerprint density at radius 3 is 2.56 bits per heavy atom. The maximum absolute atomic E-state index is 13.1. The number of amides is 2. The Labute approximate surface area is 187 Å². The van der Waals surface area contributed by atoms with Crippen molar-refractivity contribution in [1.29, 1.82) is 0 Å². The Hall–Kier alpha value is -3.09. The normalized spacial score (nSPS) is 20.1. The average Bonchev–Trinajstić information content (AvgIpc) is 3.44. The van der Waals surface area contributed by atoms with Crippen LogP contribution in [0.15, 0.2) is 39.3 Å². The van der Waals surface area contributed by atoms with Crippen LogP contribution in [0.1, 0.15) is 70.9 Å². The molecule has 4 heterocycles. The van der Waals surface area contributed by atoms with Crippen molar-refractivity contribution in [3.8, 4) is 0 Å². The second-order valence-corrected chi connectivity index (χ2v) is 9.23. The summed E-state index contributed by atoms with van der Waals surface area (Å²) in [5.41, 5.74) is 2.44. The number of aryl methyl sites for hydroxylation is 1. The zero-order valence-corrected chi connectivity index (χ0v) is 18.7. The van der Waals surface area contributed by atoms with E-state index in [-0.39, 0.29) is 17.7 Å². The summed E-state index contributed by atoms with van der Waals surface area (Å²) in [6, 6.07) is 9.53. The number of furan rings is 1. The molecule has 0 bridgehead atoms. The predicted molar refractivity (Wildman–Crippen MR) is 120 cm³/mol. The van der Waals surface area contributed by atoms with Gasteiger partial charge in [0.2, 0.25) is 5.76 Å². The van der Waals surface area contributed by atoms with Crippen molar-refractivity contribution < 1.29 is 18.5 Å². The van der Waals surface area contributed by atoms with E-state index in [0.717, 1.165) is 61.0 Å². The fourth-order valence-corrected chi connectivity index (χ4v) is 5.01. The molecule has 0 unspecified atom stereocenters. The van der Waals surface area contributed by atoms with Gasteiger partial charge in [-0.15, -0.1) is 0 Å². The lowest BCUT2D eigenvalue weighted by Gasteiger charge is -2.30. The van der Waals surface area contributed by atoms with E-state index in [1.165, 1.54) is 0 Å². The summed E-state index contributed by atoms with van der Waals surface area (Å²) in [6.45, 7) is 6.91. The number of benzene rings is 1. The van der Waals surface area contributed by atoms with E-state index in [2.05, 4.69) is 12.1 Å². The number of hydrogen-bond donors (Lipinski definition) is 0. The SMILES string of the molecule is Cc1c(C(=O)N2CCC(c3cc(C(=O)N4CCC[C@H](C)C4)on3)CC2)oc2ccccc12. The van der Waals surface area contributed by atoms with Gasteiger partial charge in [-0.05, 0) is 44.6 Å². The number of piperidine rings is 2. The van der Waals surface area contributed by atoms with Gasteiger partial charge < -0.3 is 18.7 Å². The van der Waals surface area contributed by atoms with Gasteiger partial charge in [-0.2, -0.15) is 0 Å². The molecule has 3 aromatic rings. The Kier molecular flexibility index (Phi) is 5.49. The summed E-state index contributed by atoms with van der Waals surface area (Å²) in [5, 5.41) is 5.18. The van der Waals surface area contributed by atoms with Gasteiger partial charge in [-0.25, -0.2) is 0 Å². The van der Waals surface area contributed by atoms with Crippen molar-refractivity contribution in [2.24, 2.45) is 5.92 Å². The first-order valence-corrected chi connectivity index (χ1v) is 11.5. The molecule has 5 rings (SSSR count). The molecule has 0 radical (unpaired) electrons. The lowest BCUT2D eigenvalue weighted by molar-refractivity contribution is 0.0638. The van der Waals surface area contributed by atoms with Crippen LogP contribution in [-0.2, 0) is 0 Å². The predicted octanol–water partition coefficient (Wildman–Crippen LogP) is 4.62. The number of hydrogen-bond acceptors (Lipinski definition) is 5. The third-order valence-corrected chi connectivity index (χ3v) is 6.92. The van der Waals surface area contributed by atoms with E-state index in [1.807, 2.05) is 41.0 Å². The number of fused-ring (bicyclic) bond motifs is 1. The third-order valence-electron chi connectivity index (χ3n) is 6.92. The number of aromatic nitrogens is 1. The van der Waals surface area contributed by atoms with Gasteiger partial charge in [0.25, 0.3) is 11.8 Å². The van der Waals surface area contributed by atoms with Gasteiger partial charge in [0.1, 0.15) is 5.58 Å². The second-order valence-electron chi connectivity index (χ2n) is 9.23. The number of carbonyl (C=O) groups is 2. The highest BCUT2D eigenvalue weighted by Gasteiger charge is 2.31. The van der Waals surface area contributed by atoms with Gasteiger partial charge in [-0.3, -0.25) is 9.59 Å². The van der Waals surface area contributed by atoms with Crippen molar-refractivity contribution in [2.75, 3.05) is 26.2 Å². The largest absolute Gasteiger partial charge is 0.451 e. The van der Waals surface area contributed by atoms with Crippen LogP contribution < -0.4 is 0 Å². The monoisotopic (exact) mass is 435 g/mol. The number of nitrogens with zero attached hydrogens (tertiary/aromatic N) is 3. The molecule has 0 spiro atoms. The van der Waals surface area contributed by atoms with Gasteiger partial charge in [0, 0.05) is 49.1 Å². The molecule has 0 aliphatic carbocycles. The molecule has 7 nitrogen and oxygen atoms in total. The molecule has 2 aromatic heterocycles. The summed E-state index contributed by atoms with van der Waals surface area (Å²) in [5.74, 6) is 1.32. The molecule has 2 aliphatic rings. The lowest BCUT2D eigenvalue weighted by atomic mass is 9.93. The average molecular weight is 436 g/mol. The van der Waals surface area contributed by atoms with Gasteiger partial charge in [-0.1, -0.05) is 30.3 Å². The minimum atomic E-state index is -0.0664. The van der Waals surface area contributed by atoms with Crippen LogP contribution >= 0.6 is 0 Å². The molecular formula is C25H29N3O4. The zero-order chi connectivity index (χ0) is 22.2. The smallest absolute Gasteiger partial charge is 0.292 e. The first-order chi connectivity index (χ1) is 15.5. The van der Waals surface area contributed by atoms with E-state index in [4.69, 9.17) is 8.94 Å². The van der Waals surface area contributed by atoms with E-state index in [1.54, 1.807) is 6.07 Å². The standard InChI is InChI=1S/C25H29N3O4/c1-16-6-5-11-28(15-16)24(29)22-14-20(26-32-22)18-9-12-27(13-10-18)25(30)23-17(2)19-7-3-4-8-21(19)31-23/h3-4,7-8,14,16,18H,5-6,9-13,15H2,1-2H3/t16-/m0/s1. The molecule has 168 valence electrons. The molecule has 7 heteroatoms. The van der Waals surface area contributed by atoms with Crippen molar-refractivity contribution >= 4 is 22.8 Å². The summed E-state index contributed by atoms with van der Waals surface area (Å²) >= 11 is 0. The quantitative estimate of drug-likeness (QED) is 0.600. The Balaban J connectivity index is 1.23. The molecule has 0 N–H and O–H groups in total. The van der Waals surface area contributed by atoms with Crippen LogP contribution in [0.25, 0.3) is 11.0 Å². The van der Waals surface area contributed by atoms with Crippen LogP contribution in [0.2, 0.25) is 0 Å². The van der Waals surface area contributed by atoms with E-state index in [0.29, 0.717) is 30.5 Å². The molecule has 2 fully saturated rings. The maximum atomic E-state index is 13.1. The third kappa shape index (κ3) is 3.80. The molecular weight excluding hydrogens is 406 g/mol. The van der Waals surface area contributed by atoms with Crippen molar-refractivity contribution in [3.05, 3.63) is 53.1 Å². The molecule has 1 aromatic carbocycles. The molecule has 2 saturated heterocycles. The number of likely N-dealkylation sites (tertiary alicyclic amines) is 2. The Morgan fingerprint density at radius 1 is 1.03 bits per heavy atom. The van der Waals surface area contributed by atoms with Crippen LogP contribution in [-0.4, -0.2) is 52.9 Å². The zero-order valence-electron chi connectivity index (χ0n) is 18.7. The van der Waals surface area contributed by atoms with E-state index >= 15 is 0 Å². The fraction of sp³-hybridized carbons (Fsp3) is 0.480. The van der Waals surface area contributed by atoms with Crippen LogP contribution in [0.3, 0.4) is 0 Å². The van der Waals surface area contributed by atoms with Gasteiger partial charge in [0.05, 0.1) is 5.69 Å². The number of carbonyl (C=O) groups excluding carboxylic acids is 2. The Morgan fingerprint density at radius 2 is 1.81 bits per heavy atom. The van der Waals surface area contributed by atoms with E-state index < -0.39 is 0 Å². The summed E-state index contributed by atoms with van der Waals surface area (Å²) < 4.78 is 11.3. The molecule has 32 heavy (non-hydrogen) atoms. The fourth-order valence-electron chi connectivity index (χ4n) is 5.01. The van der Waals surface area contributed by atoms with Crippen LogP contribution in [0, 0.1) is 12.8 Å². The van der Waals surface area contributed by atoms with E-state index in [9.17, 15) is 9.59 Å². The number of rotatable bonds is 3. The minimum absolute atomic E-state index is 0.0626. The number of para-hydroxylation sites is 1. The highest BCUT2D eigenvalue weighted by atomic mass is 16.5. The van der Waals surface area contributed by atoms with Crippen molar-refractivity contribution in [2.45, 2.75) is 45.4 Å². The lowest BCUT2D eigenvalue weighted by Crippen LogP contribution is -2.39. The first kappa shape index (κ1) is 20.8. The van der Waals surface area contributed by atoms with Crippen LogP contribution in [0.5, 0.6) is 0 Å². The summed E-state index contributed by atoms with van der Waals surface area (Å²) in [4.78, 5) is 29.6. The summed E-state index contributed by atoms with van der Waals surface area (Å²) in [7, 11) is 0. The highest BCUT2D eigenvalue weighted by molar-refractivity contribution is 5.99. The van der Waals surface area contributed by atoms with Crippen molar-refractivity contribution in [3.63, 3.8) is 0 Å². The van der Waals surface area contributed by atoms with Gasteiger partial charge >= 0.3 is 0 Å². The molecule has 2 amide bonds. The second kappa shape index (κ2) is 8.45. The maximum Gasteiger partial charge on any atom is 0.292 e. The highest BCUT2D eigenvalue weighted by Crippen LogP contribution is 2.31.